The van der Waals surface area contributed by atoms with Crippen LogP contribution < -0.4 is 0 Å². The minimum absolute atomic E-state index is 0.0325. The predicted octanol–water partition coefficient (Wildman–Crippen LogP) is 2.96. The van der Waals surface area contributed by atoms with Gasteiger partial charge in [0.15, 0.2) is 0 Å². The van der Waals surface area contributed by atoms with E-state index in [-0.39, 0.29) is 5.56 Å². The Morgan fingerprint density at radius 1 is 1.21 bits per heavy atom. The van der Waals surface area contributed by atoms with E-state index in [2.05, 4.69) is 0 Å². The fourth-order valence-electron chi connectivity index (χ4n) is 1.99. The molecule has 0 fully saturated rings. The Balaban J connectivity index is 3.44. The summed E-state index contributed by atoms with van der Waals surface area (Å²) in [4.78, 5) is 12.4. The summed E-state index contributed by atoms with van der Waals surface area (Å²) in [5.74, 6) is -1.15. The molecule has 0 bridgehead atoms. The first-order valence-electron chi connectivity index (χ1n) is 5.65. The van der Waals surface area contributed by atoms with Gasteiger partial charge in [-0.25, -0.2) is 0 Å². The Labute approximate surface area is 109 Å². The second-order valence-corrected chi connectivity index (χ2v) is 4.78. The topological polar surface area (TPSA) is 40.5 Å². The van der Waals surface area contributed by atoms with Gasteiger partial charge in [-0.1, -0.05) is 18.2 Å². The summed E-state index contributed by atoms with van der Waals surface area (Å²) in [6, 6.07) is 5.07. The summed E-state index contributed by atoms with van der Waals surface area (Å²) in [6.07, 6.45) is -4.92. The van der Waals surface area contributed by atoms with Crippen molar-refractivity contribution in [2.45, 2.75) is 25.1 Å². The molecule has 6 heteroatoms. The number of nitrogens with zero attached hydrogens (tertiary/aromatic N) is 1. The fourth-order valence-corrected chi connectivity index (χ4v) is 1.99. The van der Waals surface area contributed by atoms with Crippen molar-refractivity contribution in [3.8, 4) is 0 Å². The molecule has 0 heterocycles. The van der Waals surface area contributed by atoms with Crippen molar-refractivity contribution in [3.05, 3.63) is 35.4 Å². The third kappa shape index (κ3) is 3.26. The highest BCUT2D eigenvalue weighted by atomic mass is 19.4. The van der Waals surface area contributed by atoms with E-state index in [0.29, 0.717) is 0 Å². The number of rotatable bonds is 4. The van der Waals surface area contributed by atoms with Crippen LogP contribution in [0.3, 0.4) is 0 Å². The fraction of sp³-hybridized carbons (Fsp3) is 0.462. The SMILES string of the molecule is CN(C)C(C)(CC(=O)O)c1ccccc1C(F)(F)F. The zero-order valence-corrected chi connectivity index (χ0v) is 11.0. The van der Waals surface area contributed by atoms with Crippen molar-refractivity contribution in [2.75, 3.05) is 14.1 Å². The molecule has 1 unspecified atom stereocenters. The van der Waals surface area contributed by atoms with Crippen LogP contribution in [0.15, 0.2) is 24.3 Å². The van der Waals surface area contributed by atoms with Crippen LogP contribution in [0.5, 0.6) is 0 Å². The average Bonchev–Trinajstić information content (AvgIpc) is 2.26. The van der Waals surface area contributed by atoms with Crippen molar-refractivity contribution in [1.82, 2.24) is 4.90 Å². The van der Waals surface area contributed by atoms with Crippen LogP contribution in [0.1, 0.15) is 24.5 Å². The Bertz CT molecular complexity index is 471. The molecule has 0 saturated carbocycles. The lowest BCUT2D eigenvalue weighted by Gasteiger charge is -2.37. The van der Waals surface area contributed by atoms with Gasteiger partial charge in [-0.05, 0) is 32.6 Å². The van der Waals surface area contributed by atoms with E-state index < -0.39 is 29.7 Å². The number of halogens is 3. The quantitative estimate of drug-likeness (QED) is 0.918. The molecule has 0 amide bonds. The zero-order chi connectivity index (χ0) is 14.8. The van der Waals surface area contributed by atoms with Crippen molar-refractivity contribution < 1.29 is 23.1 Å². The molecule has 0 aliphatic carbocycles. The molecule has 0 aliphatic rings. The number of benzene rings is 1. The van der Waals surface area contributed by atoms with Crippen molar-refractivity contribution in [3.63, 3.8) is 0 Å². The summed E-state index contributed by atoms with van der Waals surface area (Å²) in [6.45, 7) is 1.49. The van der Waals surface area contributed by atoms with Gasteiger partial charge in [-0.3, -0.25) is 9.69 Å². The van der Waals surface area contributed by atoms with E-state index >= 15 is 0 Å². The monoisotopic (exact) mass is 275 g/mol. The Morgan fingerprint density at radius 2 is 1.68 bits per heavy atom. The second kappa shape index (κ2) is 5.21. The number of hydrogen-bond acceptors (Lipinski definition) is 2. The van der Waals surface area contributed by atoms with Crippen LogP contribution in [0.4, 0.5) is 13.2 Å². The van der Waals surface area contributed by atoms with Gasteiger partial charge in [-0.15, -0.1) is 0 Å². The molecular weight excluding hydrogens is 259 g/mol. The van der Waals surface area contributed by atoms with Gasteiger partial charge in [0.1, 0.15) is 0 Å². The van der Waals surface area contributed by atoms with E-state index in [1.165, 1.54) is 30.0 Å². The van der Waals surface area contributed by atoms with Crippen LogP contribution in [0.2, 0.25) is 0 Å². The highest BCUT2D eigenvalue weighted by Gasteiger charge is 2.41. The van der Waals surface area contributed by atoms with E-state index in [1.54, 1.807) is 14.1 Å². The molecule has 1 aromatic rings. The summed E-state index contributed by atoms with van der Waals surface area (Å²) < 4.78 is 39.0. The van der Waals surface area contributed by atoms with Crippen LogP contribution in [-0.4, -0.2) is 30.1 Å². The lowest BCUT2D eigenvalue weighted by atomic mass is 9.84. The van der Waals surface area contributed by atoms with Gasteiger partial charge in [0, 0.05) is 0 Å². The van der Waals surface area contributed by atoms with Gasteiger partial charge in [-0.2, -0.15) is 13.2 Å². The van der Waals surface area contributed by atoms with Crippen LogP contribution in [-0.2, 0) is 16.5 Å². The van der Waals surface area contributed by atoms with Crippen LogP contribution >= 0.6 is 0 Å². The van der Waals surface area contributed by atoms with Gasteiger partial charge in [0.25, 0.3) is 0 Å². The molecule has 0 aliphatic heterocycles. The first-order valence-corrected chi connectivity index (χ1v) is 5.65. The highest BCUT2D eigenvalue weighted by Crippen LogP contribution is 2.39. The Hall–Kier alpha value is -1.56. The molecule has 1 rings (SSSR count). The minimum Gasteiger partial charge on any atom is -0.481 e. The third-order valence-electron chi connectivity index (χ3n) is 3.30. The van der Waals surface area contributed by atoms with Crippen LogP contribution in [0, 0.1) is 0 Å². The molecule has 1 atom stereocenters. The molecule has 0 radical (unpaired) electrons. The second-order valence-electron chi connectivity index (χ2n) is 4.78. The van der Waals surface area contributed by atoms with E-state index in [1.807, 2.05) is 0 Å². The van der Waals surface area contributed by atoms with Crippen LogP contribution in [0.25, 0.3) is 0 Å². The number of carboxylic acids is 1. The van der Waals surface area contributed by atoms with Gasteiger partial charge in [0.05, 0.1) is 17.5 Å². The summed E-state index contributed by atoms with van der Waals surface area (Å²) in [5, 5.41) is 8.95. The lowest BCUT2D eigenvalue weighted by Crippen LogP contribution is -2.42. The zero-order valence-electron chi connectivity index (χ0n) is 11.0. The summed E-state index contributed by atoms with van der Waals surface area (Å²) in [5.41, 5.74) is -2.06. The molecule has 106 valence electrons. The molecular formula is C13H16F3NO2. The molecule has 3 nitrogen and oxygen atoms in total. The Morgan fingerprint density at radius 3 is 2.05 bits per heavy atom. The predicted molar refractivity (Wildman–Crippen MR) is 64.7 cm³/mol. The van der Waals surface area contributed by atoms with Crippen molar-refractivity contribution >= 4 is 5.97 Å². The standard InChI is InChI=1S/C13H16F3NO2/c1-12(17(2)3,8-11(18)19)9-6-4-5-7-10(9)13(14,15)16/h4-7H,8H2,1-3H3,(H,18,19). The summed E-state index contributed by atoms with van der Waals surface area (Å²) >= 11 is 0. The summed E-state index contributed by atoms with van der Waals surface area (Å²) in [7, 11) is 3.13. The van der Waals surface area contributed by atoms with E-state index in [0.717, 1.165) is 6.07 Å². The maximum Gasteiger partial charge on any atom is 0.416 e. The smallest absolute Gasteiger partial charge is 0.416 e. The molecule has 0 spiro atoms. The number of hydrogen-bond donors (Lipinski definition) is 1. The average molecular weight is 275 g/mol. The van der Waals surface area contributed by atoms with Gasteiger partial charge >= 0.3 is 12.1 Å². The molecule has 1 N–H and O–H groups in total. The lowest BCUT2D eigenvalue weighted by molar-refractivity contribution is -0.144. The number of aliphatic carboxylic acids is 1. The number of alkyl halides is 3. The van der Waals surface area contributed by atoms with Crippen molar-refractivity contribution in [2.24, 2.45) is 0 Å². The third-order valence-corrected chi connectivity index (χ3v) is 3.30. The maximum atomic E-state index is 13.0. The largest absolute Gasteiger partial charge is 0.481 e. The molecule has 0 aromatic heterocycles. The van der Waals surface area contributed by atoms with E-state index in [9.17, 15) is 18.0 Å². The first-order chi connectivity index (χ1) is 8.59. The molecule has 0 saturated heterocycles. The maximum absolute atomic E-state index is 13.0. The highest BCUT2D eigenvalue weighted by molar-refractivity contribution is 5.69. The van der Waals surface area contributed by atoms with Gasteiger partial charge in [0.2, 0.25) is 0 Å². The number of carboxylic acid groups (broad SMARTS) is 1. The normalized spacial score (nSPS) is 15.3. The first kappa shape index (κ1) is 15.5. The molecule has 1 aromatic carbocycles. The van der Waals surface area contributed by atoms with Gasteiger partial charge < -0.3 is 5.11 Å². The minimum atomic E-state index is -4.51. The van der Waals surface area contributed by atoms with Crippen molar-refractivity contribution in [1.29, 1.82) is 0 Å². The molecule has 19 heavy (non-hydrogen) atoms. The number of carbonyl (C=O) groups is 1. The Kier molecular flexibility index (Phi) is 4.25. The van der Waals surface area contributed by atoms with E-state index in [4.69, 9.17) is 5.11 Å².